The van der Waals surface area contributed by atoms with Gasteiger partial charge in [0.2, 0.25) is 5.95 Å². The lowest BCUT2D eigenvalue weighted by molar-refractivity contribution is 0.416. The van der Waals surface area contributed by atoms with Crippen LogP contribution in [0.3, 0.4) is 0 Å². The summed E-state index contributed by atoms with van der Waals surface area (Å²) in [6.45, 7) is 0. The minimum Gasteiger partial charge on any atom is -0.496 e. The summed E-state index contributed by atoms with van der Waals surface area (Å²) in [5.74, 6) is 0.397. The summed E-state index contributed by atoms with van der Waals surface area (Å²) >= 11 is 0. The zero-order chi connectivity index (χ0) is 15.5. The van der Waals surface area contributed by atoms with E-state index in [0.717, 1.165) is 5.56 Å². The van der Waals surface area contributed by atoms with Crippen LogP contribution >= 0.6 is 0 Å². The minimum absolute atomic E-state index is 0.0849. The number of rotatable bonds is 3. The molecule has 2 N–H and O–H groups in total. The van der Waals surface area contributed by atoms with E-state index in [2.05, 4.69) is 9.97 Å². The first kappa shape index (κ1) is 14.0. The van der Waals surface area contributed by atoms with Gasteiger partial charge in [0, 0.05) is 11.1 Å². The van der Waals surface area contributed by atoms with Crippen molar-refractivity contribution in [1.82, 2.24) is 9.97 Å². The number of methoxy groups -OCH3 is 1. The lowest BCUT2D eigenvalue weighted by Crippen LogP contribution is -2.00. The van der Waals surface area contributed by atoms with Gasteiger partial charge in [0.05, 0.1) is 18.5 Å². The maximum atomic E-state index is 14.0. The zero-order valence-corrected chi connectivity index (χ0v) is 12.0. The van der Waals surface area contributed by atoms with Crippen molar-refractivity contribution in [3.63, 3.8) is 0 Å². The van der Waals surface area contributed by atoms with Gasteiger partial charge in [0.15, 0.2) is 0 Å². The second-order valence-electron chi connectivity index (χ2n) is 4.68. The Kier molecular flexibility index (Phi) is 3.70. The van der Waals surface area contributed by atoms with Crippen LogP contribution in [0.1, 0.15) is 0 Å². The van der Waals surface area contributed by atoms with Gasteiger partial charge in [0.25, 0.3) is 0 Å². The Morgan fingerprint density at radius 3 is 2.18 bits per heavy atom. The Labute approximate surface area is 127 Å². The quantitative estimate of drug-likeness (QED) is 0.803. The molecule has 3 aromatic rings. The molecule has 0 aliphatic heterocycles. The molecule has 0 saturated carbocycles. The van der Waals surface area contributed by atoms with Crippen molar-refractivity contribution in [2.24, 2.45) is 0 Å². The molecule has 0 radical (unpaired) electrons. The predicted octanol–water partition coefficient (Wildman–Crippen LogP) is 3.54. The van der Waals surface area contributed by atoms with Gasteiger partial charge in [-0.05, 0) is 30.3 Å². The van der Waals surface area contributed by atoms with Crippen LogP contribution in [0, 0.1) is 5.82 Å². The molecule has 3 rings (SSSR count). The lowest BCUT2D eigenvalue weighted by Gasteiger charge is -2.10. The van der Waals surface area contributed by atoms with E-state index >= 15 is 0 Å². The third-order valence-electron chi connectivity index (χ3n) is 3.28. The monoisotopic (exact) mass is 295 g/mol. The fraction of sp³-hybridized carbons (Fsp3) is 0.0588. The smallest absolute Gasteiger partial charge is 0.221 e. The number of halogens is 1. The molecular weight excluding hydrogens is 281 g/mol. The topological polar surface area (TPSA) is 61.0 Å². The van der Waals surface area contributed by atoms with E-state index in [4.69, 9.17) is 10.5 Å². The molecule has 0 bridgehead atoms. The van der Waals surface area contributed by atoms with E-state index in [1.807, 2.05) is 24.3 Å². The van der Waals surface area contributed by atoms with E-state index < -0.39 is 0 Å². The maximum Gasteiger partial charge on any atom is 0.221 e. The normalized spacial score (nSPS) is 10.5. The van der Waals surface area contributed by atoms with Crippen LogP contribution in [-0.2, 0) is 0 Å². The summed E-state index contributed by atoms with van der Waals surface area (Å²) in [4.78, 5) is 8.36. The van der Waals surface area contributed by atoms with Crippen molar-refractivity contribution >= 4 is 5.95 Å². The van der Waals surface area contributed by atoms with Crippen molar-refractivity contribution in [1.29, 1.82) is 0 Å². The van der Waals surface area contributed by atoms with Crippen LogP contribution in [0.5, 0.6) is 5.75 Å². The first-order valence-corrected chi connectivity index (χ1v) is 6.72. The van der Waals surface area contributed by atoms with Crippen LogP contribution in [0.4, 0.5) is 10.3 Å². The molecule has 0 saturated heterocycles. The zero-order valence-electron chi connectivity index (χ0n) is 12.0. The molecule has 5 heteroatoms. The minimum atomic E-state index is -0.355. The highest BCUT2D eigenvalue weighted by Gasteiger charge is 2.12. The number of anilines is 1. The highest BCUT2D eigenvalue weighted by atomic mass is 19.1. The van der Waals surface area contributed by atoms with E-state index in [-0.39, 0.29) is 11.8 Å². The molecule has 110 valence electrons. The standard InChI is InChI=1S/C17H14FN3O/c1-22-16-9-5-3-7-12(16)15-10-14(20-17(19)21-15)11-6-2-4-8-13(11)18/h2-10H,1H3,(H2,19,20,21). The number of aromatic nitrogens is 2. The van der Waals surface area contributed by atoms with Gasteiger partial charge in [-0.25, -0.2) is 14.4 Å². The molecule has 1 heterocycles. The van der Waals surface area contributed by atoms with Gasteiger partial charge >= 0.3 is 0 Å². The summed E-state index contributed by atoms with van der Waals surface area (Å²) in [7, 11) is 1.58. The number of ether oxygens (including phenoxy) is 1. The summed E-state index contributed by atoms with van der Waals surface area (Å²) < 4.78 is 19.3. The third kappa shape index (κ3) is 2.61. The molecule has 0 atom stereocenters. The number of benzene rings is 2. The summed E-state index contributed by atoms with van der Waals surface area (Å²) in [5, 5.41) is 0. The molecule has 0 aliphatic carbocycles. The summed E-state index contributed by atoms with van der Waals surface area (Å²) in [5.41, 5.74) is 7.97. The Bertz CT molecular complexity index is 821. The summed E-state index contributed by atoms with van der Waals surface area (Å²) in [6.07, 6.45) is 0. The molecule has 0 aliphatic rings. The van der Waals surface area contributed by atoms with Crippen LogP contribution in [-0.4, -0.2) is 17.1 Å². The molecule has 0 spiro atoms. The van der Waals surface area contributed by atoms with E-state index in [1.165, 1.54) is 6.07 Å². The van der Waals surface area contributed by atoms with E-state index in [0.29, 0.717) is 22.7 Å². The molecule has 1 aromatic heterocycles. The van der Waals surface area contributed by atoms with Crippen LogP contribution < -0.4 is 10.5 Å². The molecular formula is C17H14FN3O. The number of nitrogens with zero attached hydrogens (tertiary/aromatic N) is 2. The van der Waals surface area contributed by atoms with Crippen molar-refractivity contribution in [2.75, 3.05) is 12.8 Å². The summed E-state index contributed by atoms with van der Waals surface area (Å²) in [6, 6.07) is 15.6. The Balaban J connectivity index is 2.17. The molecule has 0 fully saturated rings. The fourth-order valence-corrected chi connectivity index (χ4v) is 2.27. The molecule has 0 unspecified atom stereocenters. The number of hydrogen-bond acceptors (Lipinski definition) is 4. The van der Waals surface area contributed by atoms with Crippen LogP contribution in [0.2, 0.25) is 0 Å². The fourth-order valence-electron chi connectivity index (χ4n) is 2.27. The number of nitrogen functional groups attached to an aromatic ring is 1. The molecule has 2 aromatic carbocycles. The Morgan fingerprint density at radius 1 is 0.909 bits per heavy atom. The average molecular weight is 295 g/mol. The van der Waals surface area contributed by atoms with Crippen molar-refractivity contribution < 1.29 is 9.13 Å². The molecule has 0 amide bonds. The predicted molar refractivity (Wildman–Crippen MR) is 83.8 cm³/mol. The Morgan fingerprint density at radius 2 is 1.50 bits per heavy atom. The average Bonchev–Trinajstić information content (AvgIpc) is 2.54. The third-order valence-corrected chi connectivity index (χ3v) is 3.28. The second kappa shape index (κ2) is 5.81. The van der Waals surface area contributed by atoms with Gasteiger partial charge in [-0.2, -0.15) is 0 Å². The lowest BCUT2D eigenvalue weighted by atomic mass is 10.1. The highest BCUT2D eigenvalue weighted by molar-refractivity contribution is 5.73. The largest absolute Gasteiger partial charge is 0.496 e. The van der Waals surface area contributed by atoms with Crippen LogP contribution in [0.15, 0.2) is 54.6 Å². The van der Waals surface area contributed by atoms with Crippen molar-refractivity contribution in [3.05, 3.63) is 60.4 Å². The Hall–Kier alpha value is -2.95. The van der Waals surface area contributed by atoms with Crippen LogP contribution in [0.25, 0.3) is 22.5 Å². The van der Waals surface area contributed by atoms with E-state index in [1.54, 1.807) is 31.4 Å². The van der Waals surface area contributed by atoms with Gasteiger partial charge in [-0.3, -0.25) is 0 Å². The first-order chi connectivity index (χ1) is 10.7. The number of hydrogen-bond donors (Lipinski definition) is 1. The van der Waals surface area contributed by atoms with Gasteiger partial charge < -0.3 is 10.5 Å². The maximum absolute atomic E-state index is 14.0. The van der Waals surface area contributed by atoms with Gasteiger partial charge in [-0.1, -0.05) is 24.3 Å². The van der Waals surface area contributed by atoms with Gasteiger partial charge in [-0.15, -0.1) is 0 Å². The number of para-hydroxylation sites is 1. The molecule has 22 heavy (non-hydrogen) atoms. The highest BCUT2D eigenvalue weighted by Crippen LogP contribution is 2.31. The SMILES string of the molecule is COc1ccccc1-c1cc(-c2ccccc2F)nc(N)n1. The first-order valence-electron chi connectivity index (χ1n) is 6.72. The second-order valence-corrected chi connectivity index (χ2v) is 4.68. The number of nitrogens with two attached hydrogens (primary N) is 1. The molecule has 4 nitrogen and oxygen atoms in total. The van der Waals surface area contributed by atoms with Crippen molar-refractivity contribution in [3.8, 4) is 28.3 Å². The van der Waals surface area contributed by atoms with Gasteiger partial charge in [0.1, 0.15) is 11.6 Å². The van der Waals surface area contributed by atoms with E-state index in [9.17, 15) is 4.39 Å². The van der Waals surface area contributed by atoms with Crippen molar-refractivity contribution in [2.45, 2.75) is 0 Å².